The van der Waals surface area contributed by atoms with Gasteiger partial charge in [-0.15, -0.1) is 5.10 Å². The van der Waals surface area contributed by atoms with Gasteiger partial charge in [0.1, 0.15) is 5.82 Å². The minimum absolute atomic E-state index is 0.346. The van der Waals surface area contributed by atoms with E-state index in [0.29, 0.717) is 32.9 Å². The SMILES string of the molecule is OC(CSc1n[nH]c(-c2ccccc2F)n1)c1ccccc1Cl. The van der Waals surface area contributed by atoms with Crippen molar-refractivity contribution in [3.05, 3.63) is 64.9 Å². The summed E-state index contributed by atoms with van der Waals surface area (Å²) in [7, 11) is 0. The molecule has 1 atom stereocenters. The molecular formula is C16H13ClFN3OS. The third kappa shape index (κ3) is 3.72. The Bertz CT molecular complexity index is 811. The first-order valence-electron chi connectivity index (χ1n) is 6.88. The molecule has 3 rings (SSSR count). The average Bonchev–Trinajstić information content (AvgIpc) is 3.02. The van der Waals surface area contributed by atoms with E-state index in [1.807, 2.05) is 12.1 Å². The second kappa shape index (κ2) is 7.12. The van der Waals surface area contributed by atoms with Crippen molar-refractivity contribution in [2.24, 2.45) is 0 Å². The van der Waals surface area contributed by atoms with Crippen LogP contribution in [0.1, 0.15) is 11.7 Å². The van der Waals surface area contributed by atoms with Crippen LogP contribution in [0.5, 0.6) is 0 Å². The van der Waals surface area contributed by atoms with Crippen molar-refractivity contribution in [1.82, 2.24) is 15.2 Å². The Balaban J connectivity index is 1.68. The molecule has 0 saturated carbocycles. The van der Waals surface area contributed by atoms with Crippen LogP contribution in [0.15, 0.2) is 53.7 Å². The van der Waals surface area contributed by atoms with Gasteiger partial charge in [0.25, 0.3) is 0 Å². The van der Waals surface area contributed by atoms with Gasteiger partial charge in [0, 0.05) is 10.8 Å². The molecule has 0 aliphatic rings. The maximum absolute atomic E-state index is 13.7. The molecule has 0 amide bonds. The number of hydrogen-bond acceptors (Lipinski definition) is 4. The van der Waals surface area contributed by atoms with Crippen LogP contribution < -0.4 is 0 Å². The predicted molar refractivity (Wildman–Crippen MR) is 88.9 cm³/mol. The first-order chi connectivity index (χ1) is 11.1. The number of nitrogens with zero attached hydrogens (tertiary/aromatic N) is 2. The number of nitrogens with one attached hydrogen (secondary N) is 1. The molecule has 118 valence electrons. The van der Waals surface area contributed by atoms with Crippen molar-refractivity contribution in [2.75, 3.05) is 5.75 Å². The molecule has 0 spiro atoms. The van der Waals surface area contributed by atoms with Crippen LogP contribution in [0.2, 0.25) is 5.02 Å². The molecule has 2 aromatic carbocycles. The monoisotopic (exact) mass is 349 g/mol. The van der Waals surface area contributed by atoms with Gasteiger partial charge in [-0.1, -0.05) is 53.7 Å². The Hall–Kier alpha value is -1.89. The maximum Gasteiger partial charge on any atom is 0.208 e. The smallest absolute Gasteiger partial charge is 0.208 e. The van der Waals surface area contributed by atoms with E-state index < -0.39 is 6.10 Å². The van der Waals surface area contributed by atoms with E-state index in [4.69, 9.17) is 11.6 Å². The fourth-order valence-corrected chi connectivity index (χ4v) is 3.09. The summed E-state index contributed by atoms with van der Waals surface area (Å²) in [4.78, 5) is 4.24. The summed E-state index contributed by atoms with van der Waals surface area (Å²) in [5, 5.41) is 17.9. The van der Waals surface area contributed by atoms with E-state index in [9.17, 15) is 9.50 Å². The largest absolute Gasteiger partial charge is 0.387 e. The van der Waals surface area contributed by atoms with Crippen molar-refractivity contribution in [2.45, 2.75) is 11.3 Å². The number of aliphatic hydroxyl groups excluding tert-OH is 1. The van der Waals surface area contributed by atoms with Gasteiger partial charge < -0.3 is 5.11 Å². The highest BCUT2D eigenvalue weighted by Gasteiger charge is 2.14. The van der Waals surface area contributed by atoms with Gasteiger partial charge in [-0.2, -0.15) is 0 Å². The van der Waals surface area contributed by atoms with Gasteiger partial charge in [-0.25, -0.2) is 9.37 Å². The molecule has 1 aromatic heterocycles. The predicted octanol–water partition coefficient (Wildman–Crippen LogP) is 4.09. The van der Waals surface area contributed by atoms with Crippen molar-refractivity contribution in [3.8, 4) is 11.4 Å². The number of H-pyrrole nitrogens is 1. The summed E-state index contributed by atoms with van der Waals surface area (Å²) in [6.07, 6.45) is -0.732. The number of benzene rings is 2. The quantitative estimate of drug-likeness (QED) is 0.681. The number of aromatic nitrogens is 3. The van der Waals surface area contributed by atoms with Gasteiger partial charge >= 0.3 is 0 Å². The lowest BCUT2D eigenvalue weighted by Gasteiger charge is -2.10. The van der Waals surface area contributed by atoms with Crippen LogP contribution in [0, 0.1) is 5.82 Å². The molecule has 7 heteroatoms. The Morgan fingerprint density at radius 1 is 1.17 bits per heavy atom. The molecule has 1 unspecified atom stereocenters. The summed E-state index contributed by atoms with van der Waals surface area (Å²) in [6.45, 7) is 0. The first kappa shape index (κ1) is 16.0. The van der Waals surface area contributed by atoms with Gasteiger partial charge in [0.05, 0.1) is 11.7 Å². The van der Waals surface area contributed by atoms with Crippen LogP contribution in [-0.2, 0) is 0 Å². The topological polar surface area (TPSA) is 61.8 Å². The number of thioether (sulfide) groups is 1. The normalized spacial score (nSPS) is 12.3. The summed E-state index contributed by atoms with van der Waals surface area (Å²) < 4.78 is 13.7. The van der Waals surface area contributed by atoms with E-state index >= 15 is 0 Å². The fourth-order valence-electron chi connectivity index (χ4n) is 2.07. The van der Waals surface area contributed by atoms with Crippen molar-refractivity contribution in [3.63, 3.8) is 0 Å². The molecule has 3 aromatic rings. The highest BCUT2D eigenvalue weighted by molar-refractivity contribution is 7.99. The highest BCUT2D eigenvalue weighted by atomic mass is 35.5. The van der Waals surface area contributed by atoms with E-state index in [1.54, 1.807) is 30.3 Å². The zero-order chi connectivity index (χ0) is 16.2. The minimum Gasteiger partial charge on any atom is -0.387 e. The second-order valence-corrected chi connectivity index (χ2v) is 6.19. The van der Waals surface area contributed by atoms with Gasteiger partial charge in [-0.3, -0.25) is 5.10 Å². The molecule has 23 heavy (non-hydrogen) atoms. The molecule has 0 aliphatic carbocycles. The fraction of sp³-hybridized carbons (Fsp3) is 0.125. The van der Waals surface area contributed by atoms with Crippen molar-refractivity contribution < 1.29 is 9.50 Å². The van der Waals surface area contributed by atoms with Crippen LogP contribution in [0.3, 0.4) is 0 Å². The number of halogens is 2. The molecule has 0 saturated heterocycles. The van der Waals surface area contributed by atoms with E-state index in [0.717, 1.165) is 0 Å². The molecule has 0 radical (unpaired) electrons. The lowest BCUT2D eigenvalue weighted by atomic mass is 10.1. The average molecular weight is 350 g/mol. The Kier molecular flexibility index (Phi) is 4.95. The zero-order valence-electron chi connectivity index (χ0n) is 11.9. The number of rotatable bonds is 5. The molecule has 2 N–H and O–H groups in total. The third-order valence-corrected chi connectivity index (χ3v) is 4.50. The molecule has 1 heterocycles. The van der Waals surface area contributed by atoms with Crippen molar-refractivity contribution in [1.29, 1.82) is 0 Å². The van der Waals surface area contributed by atoms with Gasteiger partial charge in [-0.05, 0) is 23.8 Å². The van der Waals surface area contributed by atoms with Gasteiger partial charge in [0.15, 0.2) is 5.82 Å². The third-order valence-electron chi connectivity index (χ3n) is 3.23. The standard InChI is InChI=1S/C16H13ClFN3OS/c17-12-7-3-1-5-10(12)14(22)9-23-16-19-15(20-21-16)11-6-2-4-8-13(11)18/h1-8,14,22H,9H2,(H,19,20,21). The molecular weight excluding hydrogens is 337 g/mol. The van der Waals surface area contributed by atoms with Crippen LogP contribution in [0.25, 0.3) is 11.4 Å². The Labute approximate surface area is 141 Å². The summed E-state index contributed by atoms with van der Waals surface area (Å²) in [6, 6.07) is 13.5. The first-order valence-corrected chi connectivity index (χ1v) is 8.24. The van der Waals surface area contributed by atoms with E-state index in [1.165, 1.54) is 17.8 Å². The Morgan fingerprint density at radius 2 is 1.91 bits per heavy atom. The van der Waals surface area contributed by atoms with E-state index in [-0.39, 0.29) is 5.82 Å². The molecule has 0 aliphatic heterocycles. The molecule has 0 fully saturated rings. The Morgan fingerprint density at radius 3 is 2.70 bits per heavy atom. The van der Waals surface area contributed by atoms with Crippen LogP contribution >= 0.6 is 23.4 Å². The van der Waals surface area contributed by atoms with Crippen LogP contribution in [-0.4, -0.2) is 26.0 Å². The van der Waals surface area contributed by atoms with Crippen molar-refractivity contribution >= 4 is 23.4 Å². The lowest BCUT2D eigenvalue weighted by molar-refractivity contribution is 0.204. The minimum atomic E-state index is -0.732. The second-order valence-electron chi connectivity index (χ2n) is 4.79. The van der Waals surface area contributed by atoms with E-state index in [2.05, 4.69) is 15.2 Å². The summed E-state index contributed by atoms with van der Waals surface area (Å²) >= 11 is 7.32. The lowest BCUT2D eigenvalue weighted by Crippen LogP contribution is -2.01. The number of aliphatic hydroxyl groups is 1. The summed E-state index contributed by atoms with van der Waals surface area (Å²) in [5.41, 5.74) is 1.02. The maximum atomic E-state index is 13.7. The van der Waals surface area contributed by atoms with Gasteiger partial charge in [0.2, 0.25) is 5.16 Å². The molecule has 0 bridgehead atoms. The zero-order valence-corrected chi connectivity index (χ0v) is 13.5. The number of aromatic amines is 1. The molecule has 4 nitrogen and oxygen atoms in total. The highest BCUT2D eigenvalue weighted by Crippen LogP contribution is 2.28. The number of hydrogen-bond donors (Lipinski definition) is 2. The van der Waals surface area contributed by atoms with Crippen LogP contribution in [0.4, 0.5) is 4.39 Å². The summed E-state index contributed by atoms with van der Waals surface area (Å²) in [5.74, 6) is 0.340.